The molecule has 0 heterocycles. The highest BCUT2D eigenvalue weighted by atomic mass is 15.2. The third kappa shape index (κ3) is 48.0. The molecule has 0 N–H and O–H groups in total. The van der Waals surface area contributed by atoms with Crippen molar-refractivity contribution < 1.29 is 0 Å². The lowest BCUT2D eigenvalue weighted by Crippen LogP contribution is -1.56. The third-order valence-electron chi connectivity index (χ3n) is 0.427. The van der Waals surface area contributed by atoms with Gasteiger partial charge in [-0.3, -0.25) is 0 Å². The highest BCUT2D eigenvalue weighted by Crippen LogP contribution is 1.65. The minimum Gasteiger partial charge on any atom is -0.167 e. The SMILES string of the molecule is C=N/N=C\C=C/C.CC.CC. The Bertz CT molecular complexity index is 93.7. The number of hydrogen-bond acceptors (Lipinski definition) is 2. The molecule has 0 aliphatic heterocycles. The smallest absolute Gasteiger partial charge is 0.0492 e. The van der Waals surface area contributed by atoms with Gasteiger partial charge in [-0.25, -0.2) is 0 Å². The number of nitrogens with zero attached hydrogens (tertiary/aromatic N) is 2. The van der Waals surface area contributed by atoms with Crippen molar-refractivity contribution in [2.75, 3.05) is 0 Å². The van der Waals surface area contributed by atoms with Gasteiger partial charge in [-0.1, -0.05) is 33.8 Å². The summed E-state index contributed by atoms with van der Waals surface area (Å²) in [4.78, 5) is 0. The Morgan fingerprint density at radius 2 is 1.55 bits per heavy atom. The van der Waals surface area contributed by atoms with E-state index >= 15 is 0 Å². The van der Waals surface area contributed by atoms with E-state index in [9.17, 15) is 0 Å². The van der Waals surface area contributed by atoms with Crippen molar-refractivity contribution in [3.05, 3.63) is 12.2 Å². The molecule has 0 amide bonds. The van der Waals surface area contributed by atoms with Gasteiger partial charge < -0.3 is 0 Å². The van der Waals surface area contributed by atoms with Crippen molar-refractivity contribution >= 4 is 12.9 Å². The molecule has 2 nitrogen and oxygen atoms in total. The van der Waals surface area contributed by atoms with Crippen LogP contribution in [0.4, 0.5) is 0 Å². The Labute approximate surface area is 70.7 Å². The second kappa shape index (κ2) is 35.6. The number of hydrogen-bond donors (Lipinski definition) is 0. The summed E-state index contributed by atoms with van der Waals surface area (Å²) in [5.41, 5.74) is 0. The topological polar surface area (TPSA) is 24.7 Å². The van der Waals surface area contributed by atoms with Gasteiger partial charge in [0.1, 0.15) is 0 Å². The van der Waals surface area contributed by atoms with Crippen molar-refractivity contribution in [3.8, 4) is 0 Å². The average Bonchev–Trinajstić information content (AvgIpc) is 2.13. The van der Waals surface area contributed by atoms with Gasteiger partial charge in [0, 0.05) is 12.9 Å². The summed E-state index contributed by atoms with van der Waals surface area (Å²) in [5, 5.41) is 6.70. The summed E-state index contributed by atoms with van der Waals surface area (Å²) in [7, 11) is 0. The molecule has 0 aromatic rings. The van der Waals surface area contributed by atoms with Crippen LogP contribution in [-0.4, -0.2) is 12.9 Å². The lowest BCUT2D eigenvalue weighted by atomic mass is 10.6. The first-order valence-corrected chi connectivity index (χ1v) is 4.02. The summed E-state index contributed by atoms with van der Waals surface area (Å²) in [6, 6.07) is 0. The van der Waals surface area contributed by atoms with E-state index in [-0.39, 0.29) is 0 Å². The zero-order valence-corrected chi connectivity index (χ0v) is 8.33. The Kier molecular flexibility index (Phi) is 53.7. The molecule has 66 valence electrons. The maximum atomic E-state index is 3.46. The molecule has 0 atom stereocenters. The molecule has 0 aliphatic carbocycles. The van der Waals surface area contributed by atoms with Crippen LogP contribution >= 0.6 is 0 Å². The molecule has 2 heteroatoms. The lowest BCUT2D eigenvalue weighted by molar-refractivity contribution is 1.28. The van der Waals surface area contributed by atoms with Crippen molar-refractivity contribution in [2.45, 2.75) is 34.6 Å². The largest absolute Gasteiger partial charge is 0.167 e. The minimum atomic E-state index is 1.58. The molecule has 0 rings (SSSR count). The van der Waals surface area contributed by atoms with Crippen LogP contribution in [0.25, 0.3) is 0 Å². The van der Waals surface area contributed by atoms with E-state index in [1.54, 1.807) is 12.3 Å². The van der Waals surface area contributed by atoms with Gasteiger partial charge in [-0.2, -0.15) is 10.2 Å². The van der Waals surface area contributed by atoms with Crippen LogP contribution in [0.2, 0.25) is 0 Å². The Balaban J connectivity index is -0.000000138. The molecule has 0 aromatic carbocycles. The van der Waals surface area contributed by atoms with E-state index in [0.717, 1.165) is 0 Å². The van der Waals surface area contributed by atoms with Crippen LogP contribution in [0.15, 0.2) is 22.4 Å². The van der Waals surface area contributed by atoms with Gasteiger partial charge in [0.05, 0.1) is 0 Å². The van der Waals surface area contributed by atoms with Crippen molar-refractivity contribution in [1.82, 2.24) is 0 Å². The second-order valence-electron chi connectivity index (χ2n) is 0.932. The number of allylic oxidation sites excluding steroid dienone is 2. The van der Waals surface area contributed by atoms with Crippen molar-refractivity contribution in [1.29, 1.82) is 0 Å². The minimum absolute atomic E-state index is 1.58. The van der Waals surface area contributed by atoms with Crippen LogP contribution in [0, 0.1) is 0 Å². The molecule has 11 heavy (non-hydrogen) atoms. The zero-order chi connectivity index (χ0) is 9.54. The maximum Gasteiger partial charge on any atom is 0.0492 e. The van der Waals surface area contributed by atoms with E-state index in [1.807, 2.05) is 40.7 Å². The van der Waals surface area contributed by atoms with E-state index in [1.165, 1.54) is 0 Å². The molecule has 0 saturated carbocycles. The monoisotopic (exact) mass is 156 g/mol. The molecule has 0 aromatic heterocycles. The summed E-state index contributed by atoms with van der Waals surface area (Å²) in [6.45, 7) is 13.1. The molecular formula is C9H20N2. The third-order valence-corrected chi connectivity index (χ3v) is 0.427. The van der Waals surface area contributed by atoms with Gasteiger partial charge >= 0.3 is 0 Å². The molecule has 0 radical (unpaired) electrons. The van der Waals surface area contributed by atoms with Gasteiger partial charge in [-0.15, -0.1) is 0 Å². The summed E-state index contributed by atoms with van der Waals surface area (Å²) in [6.07, 6.45) is 5.23. The first-order chi connectivity index (χ1) is 5.41. The molecule has 0 fully saturated rings. The van der Waals surface area contributed by atoms with Gasteiger partial charge in [0.15, 0.2) is 0 Å². The Hall–Kier alpha value is -0.920. The van der Waals surface area contributed by atoms with Crippen LogP contribution in [0.3, 0.4) is 0 Å². The van der Waals surface area contributed by atoms with Crippen LogP contribution in [-0.2, 0) is 0 Å². The molecule has 0 aliphatic rings. The predicted molar refractivity (Wildman–Crippen MR) is 55.6 cm³/mol. The van der Waals surface area contributed by atoms with Crippen LogP contribution in [0.1, 0.15) is 34.6 Å². The molecular weight excluding hydrogens is 136 g/mol. The van der Waals surface area contributed by atoms with Crippen LogP contribution in [0.5, 0.6) is 0 Å². The first kappa shape index (κ1) is 16.6. The standard InChI is InChI=1S/C5H8N2.2C2H6/c1-3-4-5-7-6-2;2*1-2/h3-5H,2H2,1H3;2*1-2H3/b4-3-,7-5-;;. The van der Waals surface area contributed by atoms with Gasteiger partial charge in [-0.05, 0) is 13.0 Å². The molecule has 0 saturated heterocycles. The van der Waals surface area contributed by atoms with Crippen molar-refractivity contribution in [3.63, 3.8) is 0 Å². The van der Waals surface area contributed by atoms with Gasteiger partial charge in [0.25, 0.3) is 0 Å². The molecule has 0 spiro atoms. The Morgan fingerprint density at radius 1 is 1.09 bits per heavy atom. The predicted octanol–water partition coefficient (Wildman–Crippen LogP) is 3.30. The van der Waals surface area contributed by atoms with E-state index in [0.29, 0.717) is 0 Å². The van der Waals surface area contributed by atoms with Gasteiger partial charge in [0.2, 0.25) is 0 Å². The average molecular weight is 156 g/mol. The normalized spacial score (nSPS) is 8.09. The zero-order valence-electron chi connectivity index (χ0n) is 8.33. The highest BCUT2D eigenvalue weighted by molar-refractivity contribution is 5.70. The lowest BCUT2D eigenvalue weighted by Gasteiger charge is -1.65. The molecule has 0 unspecified atom stereocenters. The fourth-order valence-electron chi connectivity index (χ4n) is 0.172. The maximum absolute atomic E-state index is 3.46. The van der Waals surface area contributed by atoms with Crippen LogP contribution < -0.4 is 0 Å². The Morgan fingerprint density at radius 3 is 1.82 bits per heavy atom. The summed E-state index contributed by atoms with van der Waals surface area (Å²) < 4.78 is 0. The van der Waals surface area contributed by atoms with E-state index in [4.69, 9.17) is 0 Å². The fraction of sp³-hybridized carbons (Fsp3) is 0.556. The van der Waals surface area contributed by atoms with E-state index < -0.39 is 0 Å². The summed E-state index contributed by atoms with van der Waals surface area (Å²) in [5.74, 6) is 0. The first-order valence-electron chi connectivity index (χ1n) is 4.02. The fourth-order valence-corrected chi connectivity index (χ4v) is 0.172. The van der Waals surface area contributed by atoms with Crippen molar-refractivity contribution in [2.24, 2.45) is 10.2 Å². The second-order valence-corrected chi connectivity index (χ2v) is 0.932. The van der Waals surface area contributed by atoms with E-state index in [2.05, 4.69) is 16.9 Å². The molecule has 0 bridgehead atoms. The quantitative estimate of drug-likeness (QED) is 0.433. The highest BCUT2D eigenvalue weighted by Gasteiger charge is 1.53. The number of rotatable bonds is 2. The summed E-state index contributed by atoms with van der Waals surface area (Å²) >= 11 is 0.